The van der Waals surface area contributed by atoms with Crippen LogP contribution in [0.3, 0.4) is 0 Å². The van der Waals surface area contributed by atoms with E-state index < -0.39 is 126 Å². The number of benzene rings is 4. The van der Waals surface area contributed by atoms with Crippen LogP contribution in [0.4, 0.5) is 55.1 Å². The van der Waals surface area contributed by atoms with Gasteiger partial charge in [0.1, 0.15) is 46.9 Å². The highest BCUT2D eigenvalue weighted by Crippen LogP contribution is 2.39. The van der Waals surface area contributed by atoms with Crippen molar-refractivity contribution in [3.8, 4) is 22.3 Å². The molecule has 0 radical (unpaired) electrons. The van der Waals surface area contributed by atoms with Gasteiger partial charge in [-0.1, -0.05) is 126 Å². The van der Waals surface area contributed by atoms with Gasteiger partial charge in [-0.15, -0.1) is 0 Å². The van der Waals surface area contributed by atoms with Crippen LogP contribution in [0.25, 0.3) is 27.1 Å². The summed E-state index contributed by atoms with van der Waals surface area (Å²) in [6.45, 7) is 29.7. The summed E-state index contributed by atoms with van der Waals surface area (Å²) in [5.74, 6) is -2.99. The Morgan fingerprint density at radius 3 is 1.02 bits per heavy atom. The summed E-state index contributed by atoms with van der Waals surface area (Å²) >= 11 is 0. The number of alkyl halides is 1. The van der Waals surface area contributed by atoms with Gasteiger partial charge in [0.05, 0.1) is 24.5 Å². The molecule has 0 saturated carbocycles. The number of halogens is 3. The molecule has 11 rings (SSSR count). The molecule has 1 aliphatic heterocycles. The number of aromatic nitrogens is 11. The van der Waals surface area contributed by atoms with E-state index in [9.17, 15) is 85.2 Å². The van der Waals surface area contributed by atoms with E-state index in [4.69, 9.17) is 6.57 Å². The van der Waals surface area contributed by atoms with E-state index in [1.807, 2.05) is 125 Å². The second-order valence-corrected chi connectivity index (χ2v) is 39.0. The van der Waals surface area contributed by atoms with Gasteiger partial charge in [-0.25, -0.2) is 67.8 Å². The van der Waals surface area contributed by atoms with Crippen LogP contribution < -0.4 is 40.2 Å². The number of rotatable bonds is 25. The van der Waals surface area contributed by atoms with Crippen LogP contribution in [-0.2, 0) is 68.3 Å². The number of aryl methyl sites for hydroxylation is 4. The molecule has 4 aromatic carbocycles. The van der Waals surface area contributed by atoms with Gasteiger partial charge in [-0.2, -0.15) is 54.1 Å². The number of likely N-dealkylation sites (tertiary alicyclic amines) is 1. The van der Waals surface area contributed by atoms with Crippen molar-refractivity contribution in [2.75, 3.05) is 76.3 Å². The van der Waals surface area contributed by atoms with E-state index >= 15 is 0 Å². The van der Waals surface area contributed by atoms with Gasteiger partial charge in [0.2, 0.25) is 0 Å². The Bertz CT molecular complexity index is 6270. The van der Waals surface area contributed by atoms with E-state index in [-0.39, 0.29) is 95.0 Å². The van der Waals surface area contributed by atoms with Crippen LogP contribution in [0.2, 0.25) is 0 Å². The summed E-state index contributed by atoms with van der Waals surface area (Å²) in [5, 5.41) is 23.9. The summed E-state index contributed by atoms with van der Waals surface area (Å²) in [5.41, 5.74) is 7.70. The van der Waals surface area contributed by atoms with Gasteiger partial charge in [-0.3, -0.25) is 52.6 Å². The van der Waals surface area contributed by atoms with Crippen LogP contribution in [0.15, 0.2) is 148 Å². The SMILES string of the molecule is CC(C)c1cc(F)cc(-c2cccnc2)c1NC(=O)NS(=O)(=O)c1cc(C(=O)N(C)C)n(C)n1.CC(C)c1cc(F)cc(-c2cncnc2)c1NC(=O)NS(=O)(=O)c1cc(C(=O)N(C)C)n(C)n1.CC(C)c1cccc(C(C)C)c1NC(=O)NS(=O)(=O)c1cc(C(=O)N2CC(F)C2)n(C)n1.[C-]#[N+]CN(C)C(=O)c1cc(S(=O)(=O)NC(=O)Nc2c(C(C)C)cccc2C(C)C)nn1C. The minimum Gasteiger partial charge on any atom is -0.343 e. The molecule has 0 unspecified atom stereocenters. The van der Waals surface area contributed by atoms with E-state index in [1.54, 1.807) is 32.2 Å². The second-order valence-electron chi connectivity index (χ2n) is 32.5. The van der Waals surface area contributed by atoms with Crippen LogP contribution in [0.5, 0.6) is 0 Å². The van der Waals surface area contributed by atoms with Gasteiger partial charge in [0.15, 0.2) is 20.1 Å². The third-order valence-corrected chi connectivity index (χ3v) is 24.8. The number of amides is 12. The number of hydrogen-bond donors (Lipinski definition) is 8. The maximum Gasteiger partial charge on any atom is 0.333 e. The molecular weight excluding hydrogens is 1800 g/mol. The first-order valence-corrected chi connectivity index (χ1v) is 46.6. The number of carbonyl (C=O) groups excluding carboxylic acids is 8. The first kappa shape index (κ1) is 103. The van der Waals surface area contributed by atoms with Crippen molar-refractivity contribution in [3.63, 3.8) is 0 Å². The number of para-hydroxylation sites is 2. The van der Waals surface area contributed by atoms with Crippen molar-refractivity contribution in [1.82, 2.24) is 92.6 Å². The van der Waals surface area contributed by atoms with Gasteiger partial charge >= 0.3 is 24.1 Å². The van der Waals surface area contributed by atoms with Crippen molar-refractivity contribution in [1.29, 1.82) is 0 Å². The Morgan fingerprint density at radius 1 is 0.417 bits per heavy atom. The Labute approximate surface area is 763 Å². The number of sulfonamides is 4. The molecule has 1 saturated heterocycles. The normalized spacial score (nSPS) is 12.1. The molecule has 47 heteroatoms. The molecule has 1 fully saturated rings. The van der Waals surface area contributed by atoms with E-state index in [2.05, 4.69) is 61.5 Å². The van der Waals surface area contributed by atoms with Crippen molar-refractivity contribution in [2.24, 2.45) is 28.2 Å². The first-order valence-electron chi connectivity index (χ1n) is 40.6. The number of carbonyl (C=O) groups is 8. The third-order valence-electron chi connectivity index (χ3n) is 19.9. The lowest BCUT2D eigenvalue weighted by molar-refractivity contribution is 0.0389. The number of nitrogens with one attached hydrogen (secondary N) is 8. The fourth-order valence-electron chi connectivity index (χ4n) is 13.2. The minimum atomic E-state index is -4.42. The number of hydrogen-bond acceptors (Lipinski definition) is 23. The maximum atomic E-state index is 14.4. The highest BCUT2D eigenvalue weighted by atomic mass is 32.2. The summed E-state index contributed by atoms with van der Waals surface area (Å²) < 4.78 is 156. The van der Waals surface area contributed by atoms with Crippen LogP contribution >= 0.6 is 0 Å². The quantitative estimate of drug-likeness (QED) is 0.0246. The predicted octanol–water partition coefficient (Wildman–Crippen LogP) is 11.4. The summed E-state index contributed by atoms with van der Waals surface area (Å²) in [4.78, 5) is 120. The Hall–Kier alpha value is -14.0. The second kappa shape index (κ2) is 43.1. The number of anilines is 4. The molecule has 12 amide bonds. The number of pyridine rings is 1. The van der Waals surface area contributed by atoms with Crippen LogP contribution in [0, 0.1) is 18.2 Å². The molecule has 6 aromatic heterocycles. The average Bonchev–Trinajstić information content (AvgIpc) is 1.15. The maximum absolute atomic E-state index is 14.4. The smallest absolute Gasteiger partial charge is 0.333 e. The zero-order valence-electron chi connectivity index (χ0n) is 76.2. The fourth-order valence-corrected chi connectivity index (χ4v) is 16.8. The monoisotopic (exact) mass is 1900 g/mol. The standard InChI is InChI=1S/C22H25FN6O4S.C21H24FN7O4S.C21H28FN5O4S.C21H28N6O4S/c1-13(2)16-9-15(23)10-17(14-7-6-8-24-12-14)20(16)25-22(31)27-34(32,33)19-11-18(29(5)26-19)21(30)28(3)4;1-12(2)15-6-14(22)7-16(13-9-23-11-24-10-13)19(15)25-21(31)27-34(32,33)18-8-17(29(5)26-18)20(30)28(3)4;1-12(2)15-7-6-8-16(13(3)4)19(15)23-21(29)25-32(30,31)18-9-17(26(5)24-18)20(28)27-10-14(22)11-27;1-13(2)15-9-8-10-16(14(3)4)19(15)23-21(29)25-32(30,31)18-11-17(27(7)24-18)20(28)26(6)12-22-5/h6-13H,1-5H3,(H2,25,27,31);6-12H,1-5H3,(H2,25,27,31);6-9,12-14H,10-11H2,1-5H3,(H2,23,25,29);8-11,13-14H,12H2,1-4,6-7H3,(H2,23,25,29). The van der Waals surface area contributed by atoms with Gasteiger partial charge < -0.3 is 36.0 Å². The summed E-state index contributed by atoms with van der Waals surface area (Å²) in [7, 11) is -4.38. The predicted molar refractivity (Wildman–Crippen MR) is 485 cm³/mol. The van der Waals surface area contributed by atoms with Crippen molar-refractivity contribution in [3.05, 3.63) is 207 Å². The largest absolute Gasteiger partial charge is 0.343 e. The van der Waals surface area contributed by atoms with Crippen LogP contribution in [-0.4, -0.2) is 216 Å². The van der Waals surface area contributed by atoms with Gasteiger partial charge in [0.25, 0.3) is 70.4 Å². The van der Waals surface area contributed by atoms with E-state index in [0.717, 1.165) is 70.1 Å². The highest BCUT2D eigenvalue weighted by Gasteiger charge is 2.36. The Morgan fingerprint density at radius 2 is 0.720 bits per heavy atom. The molecular formula is C85H105F3N24O16S4. The fraction of sp³-hybridized carbons (Fsp3) is 0.365. The van der Waals surface area contributed by atoms with E-state index in [0.29, 0.717) is 39.2 Å². The lowest BCUT2D eigenvalue weighted by Gasteiger charge is -2.34. The molecule has 10 aromatic rings. The molecule has 132 heavy (non-hydrogen) atoms. The number of nitrogens with zero attached hydrogens (tertiary/aromatic N) is 16. The lowest BCUT2D eigenvalue weighted by atomic mass is 9.93. The van der Waals surface area contributed by atoms with Crippen LogP contribution in [0.1, 0.15) is 194 Å². The molecule has 0 spiro atoms. The highest BCUT2D eigenvalue weighted by molar-refractivity contribution is 7.90. The summed E-state index contributed by atoms with van der Waals surface area (Å²) in [6.07, 6.45) is 6.19. The molecule has 0 bridgehead atoms. The lowest BCUT2D eigenvalue weighted by Crippen LogP contribution is -2.51. The number of urea groups is 4. The zero-order valence-corrected chi connectivity index (χ0v) is 79.5. The van der Waals surface area contributed by atoms with Gasteiger partial charge in [0, 0.05) is 146 Å². The van der Waals surface area contributed by atoms with Crippen molar-refractivity contribution in [2.45, 2.75) is 145 Å². The summed E-state index contributed by atoms with van der Waals surface area (Å²) in [6, 6.07) is 20.0. The zero-order chi connectivity index (χ0) is 98.4. The molecule has 7 heterocycles. The van der Waals surface area contributed by atoms with Crippen molar-refractivity contribution < 1.29 is 85.2 Å². The van der Waals surface area contributed by atoms with Gasteiger partial charge in [-0.05, 0) is 99.2 Å². The van der Waals surface area contributed by atoms with Crippen molar-refractivity contribution >= 4 is 111 Å². The molecule has 40 nitrogen and oxygen atoms in total. The average molecular weight is 1900 g/mol. The van der Waals surface area contributed by atoms with E-state index in [1.165, 1.54) is 127 Å². The Balaban J connectivity index is 0.000000217. The minimum absolute atomic E-state index is 0.00932. The molecule has 0 aliphatic carbocycles. The topological polar surface area (TPSA) is 497 Å². The molecule has 8 N–H and O–H groups in total. The third kappa shape index (κ3) is 25.6. The molecule has 1 aliphatic rings. The Kier molecular flexibility index (Phi) is 33.8. The molecule has 706 valence electrons. The molecule has 0 atom stereocenters. The first-order chi connectivity index (χ1) is 61.6.